The molecule has 0 unspecified atom stereocenters. The summed E-state index contributed by atoms with van der Waals surface area (Å²) in [5, 5.41) is 2.72. The van der Waals surface area contributed by atoms with E-state index in [1.54, 1.807) is 12.1 Å². The van der Waals surface area contributed by atoms with E-state index in [9.17, 15) is 14.4 Å². The first-order chi connectivity index (χ1) is 13.1. The Hall–Kier alpha value is -2.45. The Kier molecular flexibility index (Phi) is 6.41. The van der Waals surface area contributed by atoms with Crippen LogP contribution in [0, 0.1) is 0 Å². The van der Waals surface area contributed by atoms with E-state index in [-0.39, 0.29) is 18.2 Å². The van der Waals surface area contributed by atoms with Crippen LogP contribution in [0.4, 0.5) is 11.4 Å². The Labute approximate surface area is 165 Å². The highest BCUT2D eigenvalue weighted by Crippen LogP contribution is 2.34. The molecule has 0 aromatic heterocycles. The molecule has 0 spiro atoms. The average Bonchev–Trinajstić information content (AvgIpc) is 2.69. The summed E-state index contributed by atoms with van der Waals surface area (Å²) in [6.45, 7) is -0.620. The molecular formula is C19H18N2O4S2. The molecule has 2 amide bonds. The predicted molar refractivity (Wildman–Crippen MR) is 107 cm³/mol. The van der Waals surface area contributed by atoms with Gasteiger partial charge in [-0.05, 0) is 30.5 Å². The largest absolute Gasteiger partial charge is 0.454 e. The molecule has 0 fully saturated rings. The summed E-state index contributed by atoms with van der Waals surface area (Å²) in [5.74, 6) is -0.936. The molecule has 0 radical (unpaired) electrons. The summed E-state index contributed by atoms with van der Waals surface area (Å²) in [5.41, 5.74) is 1.36. The van der Waals surface area contributed by atoms with Gasteiger partial charge >= 0.3 is 5.97 Å². The zero-order valence-corrected chi connectivity index (χ0v) is 16.3. The van der Waals surface area contributed by atoms with Crippen molar-refractivity contribution in [1.29, 1.82) is 0 Å². The minimum absolute atomic E-state index is 0.158. The number of hydrogen-bond donors (Lipinski definition) is 1. The number of fused-ring (bicyclic) bond motifs is 1. The third-order valence-electron chi connectivity index (χ3n) is 3.84. The molecule has 3 rings (SSSR count). The average molecular weight is 402 g/mol. The second kappa shape index (κ2) is 8.96. The Morgan fingerprint density at radius 1 is 1.19 bits per heavy atom. The number of esters is 1. The van der Waals surface area contributed by atoms with Gasteiger partial charge in [-0.2, -0.15) is 0 Å². The first kappa shape index (κ1) is 19.3. The summed E-state index contributed by atoms with van der Waals surface area (Å²) in [7, 11) is 0. The van der Waals surface area contributed by atoms with Gasteiger partial charge < -0.3 is 10.1 Å². The summed E-state index contributed by atoms with van der Waals surface area (Å²) in [6, 6.07) is 14.8. The van der Waals surface area contributed by atoms with Crippen molar-refractivity contribution in [1.82, 2.24) is 0 Å². The minimum atomic E-state index is -0.627. The molecule has 0 saturated heterocycles. The smallest absolute Gasteiger partial charge is 0.326 e. The standard InChI is InChI=1S/C19H18N2O4S2/c1-26-15-8-4-2-6-13(15)20-17(22)11-25-19(24)10-21-14-7-3-5-9-16(14)27-12-18(21)23/h2-9H,10-12H2,1H3,(H,20,22). The second-order valence-electron chi connectivity index (χ2n) is 5.65. The van der Waals surface area contributed by atoms with Gasteiger partial charge in [0.25, 0.3) is 5.91 Å². The summed E-state index contributed by atoms with van der Waals surface area (Å²) in [6.07, 6.45) is 1.91. The lowest BCUT2D eigenvalue weighted by molar-refractivity contribution is -0.146. The molecule has 1 aliphatic heterocycles. The topological polar surface area (TPSA) is 75.7 Å². The van der Waals surface area contributed by atoms with Crippen molar-refractivity contribution >= 4 is 52.7 Å². The van der Waals surface area contributed by atoms with Gasteiger partial charge in [-0.25, -0.2) is 0 Å². The second-order valence-corrected chi connectivity index (χ2v) is 7.51. The van der Waals surface area contributed by atoms with E-state index in [1.807, 2.05) is 42.7 Å². The van der Waals surface area contributed by atoms with Crippen LogP contribution in [0.15, 0.2) is 58.3 Å². The Balaban J connectivity index is 1.55. The van der Waals surface area contributed by atoms with Crippen molar-refractivity contribution in [2.24, 2.45) is 0 Å². The first-order valence-corrected chi connectivity index (χ1v) is 10.4. The molecule has 2 aromatic carbocycles. The first-order valence-electron chi connectivity index (χ1n) is 8.19. The molecule has 8 heteroatoms. The molecule has 1 heterocycles. The van der Waals surface area contributed by atoms with Crippen LogP contribution in [0.2, 0.25) is 0 Å². The fraction of sp³-hybridized carbons (Fsp3) is 0.211. The number of ether oxygens (including phenoxy) is 1. The quantitative estimate of drug-likeness (QED) is 0.591. The molecule has 140 valence electrons. The zero-order valence-electron chi connectivity index (χ0n) is 14.6. The van der Waals surface area contributed by atoms with Gasteiger partial charge in [0.1, 0.15) is 6.54 Å². The van der Waals surface area contributed by atoms with Crippen LogP contribution in [0.5, 0.6) is 0 Å². The number of anilines is 2. The van der Waals surface area contributed by atoms with Gasteiger partial charge in [0.2, 0.25) is 5.91 Å². The van der Waals surface area contributed by atoms with Crippen molar-refractivity contribution in [3.63, 3.8) is 0 Å². The van der Waals surface area contributed by atoms with Gasteiger partial charge in [-0.3, -0.25) is 19.3 Å². The van der Waals surface area contributed by atoms with Crippen molar-refractivity contribution in [2.45, 2.75) is 9.79 Å². The molecule has 1 N–H and O–H groups in total. The normalized spacial score (nSPS) is 13.1. The number of thioether (sulfide) groups is 2. The number of hydrogen-bond acceptors (Lipinski definition) is 6. The number of nitrogens with zero attached hydrogens (tertiary/aromatic N) is 1. The third kappa shape index (κ3) is 4.84. The van der Waals surface area contributed by atoms with Crippen molar-refractivity contribution < 1.29 is 19.1 Å². The van der Waals surface area contributed by atoms with E-state index in [1.165, 1.54) is 28.4 Å². The van der Waals surface area contributed by atoms with Crippen LogP contribution in [-0.2, 0) is 19.1 Å². The summed E-state index contributed by atoms with van der Waals surface area (Å²) in [4.78, 5) is 39.6. The van der Waals surface area contributed by atoms with Crippen molar-refractivity contribution in [3.8, 4) is 0 Å². The highest BCUT2D eigenvalue weighted by molar-refractivity contribution is 8.00. The summed E-state index contributed by atoms with van der Waals surface area (Å²) < 4.78 is 5.06. The zero-order chi connectivity index (χ0) is 19.2. The summed E-state index contributed by atoms with van der Waals surface area (Å²) >= 11 is 2.95. The van der Waals surface area contributed by atoms with E-state index in [2.05, 4.69) is 5.32 Å². The number of carbonyl (C=O) groups is 3. The molecule has 0 atom stereocenters. The monoisotopic (exact) mass is 402 g/mol. The van der Waals surface area contributed by atoms with Crippen LogP contribution in [0.25, 0.3) is 0 Å². The van der Waals surface area contributed by atoms with Crippen molar-refractivity contribution in [3.05, 3.63) is 48.5 Å². The fourth-order valence-corrected chi connectivity index (χ4v) is 4.07. The molecule has 0 bridgehead atoms. The number of benzene rings is 2. The number of carbonyl (C=O) groups excluding carboxylic acids is 3. The molecule has 2 aromatic rings. The Morgan fingerprint density at radius 3 is 2.74 bits per heavy atom. The number of nitrogens with one attached hydrogen (secondary N) is 1. The van der Waals surface area contributed by atoms with Crippen LogP contribution < -0.4 is 10.2 Å². The molecule has 1 aliphatic rings. The molecule has 6 nitrogen and oxygen atoms in total. The number of para-hydroxylation sites is 2. The number of amides is 2. The maximum absolute atomic E-state index is 12.2. The van der Waals surface area contributed by atoms with E-state index in [0.29, 0.717) is 11.4 Å². The SMILES string of the molecule is CSc1ccccc1NC(=O)COC(=O)CN1C(=O)CSc2ccccc21. The van der Waals surface area contributed by atoms with Gasteiger partial charge in [0.15, 0.2) is 6.61 Å². The molecular weight excluding hydrogens is 384 g/mol. The van der Waals surface area contributed by atoms with E-state index < -0.39 is 18.5 Å². The number of rotatable bonds is 6. The van der Waals surface area contributed by atoms with E-state index in [0.717, 1.165) is 9.79 Å². The maximum atomic E-state index is 12.2. The van der Waals surface area contributed by atoms with Gasteiger partial charge in [-0.1, -0.05) is 24.3 Å². The minimum Gasteiger partial charge on any atom is -0.454 e. The fourth-order valence-electron chi connectivity index (χ4n) is 2.58. The van der Waals surface area contributed by atoms with Gasteiger partial charge in [-0.15, -0.1) is 23.5 Å². The van der Waals surface area contributed by atoms with Crippen LogP contribution in [0.1, 0.15) is 0 Å². The highest BCUT2D eigenvalue weighted by atomic mass is 32.2. The van der Waals surface area contributed by atoms with E-state index >= 15 is 0 Å². The van der Waals surface area contributed by atoms with Crippen molar-refractivity contribution in [2.75, 3.05) is 35.4 Å². The lowest BCUT2D eigenvalue weighted by Crippen LogP contribution is -2.40. The lowest BCUT2D eigenvalue weighted by atomic mass is 10.2. The highest BCUT2D eigenvalue weighted by Gasteiger charge is 2.26. The van der Waals surface area contributed by atoms with E-state index in [4.69, 9.17) is 4.74 Å². The van der Waals surface area contributed by atoms with Crippen LogP contribution in [0.3, 0.4) is 0 Å². The molecule has 27 heavy (non-hydrogen) atoms. The Morgan fingerprint density at radius 2 is 1.93 bits per heavy atom. The Bertz CT molecular complexity index is 872. The van der Waals surface area contributed by atoms with Gasteiger partial charge in [0, 0.05) is 9.79 Å². The third-order valence-corrected chi connectivity index (χ3v) is 5.68. The van der Waals surface area contributed by atoms with Crippen LogP contribution >= 0.6 is 23.5 Å². The predicted octanol–water partition coefficient (Wildman–Crippen LogP) is 3.03. The lowest BCUT2D eigenvalue weighted by Gasteiger charge is -2.27. The molecule has 0 aliphatic carbocycles. The maximum Gasteiger partial charge on any atom is 0.326 e. The molecule has 0 saturated carbocycles. The van der Waals surface area contributed by atoms with Crippen LogP contribution in [-0.4, -0.2) is 42.9 Å². The van der Waals surface area contributed by atoms with Gasteiger partial charge in [0.05, 0.1) is 17.1 Å².